The zero-order chi connectivity index (χ0) is 18.0. The van der Waals surface area contributed by atoms with Gasteiger partial charge in [-0.3, -0.25) is 9.69 Å². The zero-order valence-electron chi connectivity index (χ0n) is 14.6. The van der Waals surface area contributed by atoms with Crippen LogP contribution in [-0.4, -0.2) is 42.0 Å². The molecule has 136 valence electrons. The van der Waals surface area contributed by atoms with E-state index in [1.165, 1.54) is 17.4 Å². The molecular weight excluding hydrogens is 344 g/mol. The van der Waals surface area contributed by atoms with Gasteiger partial charge in [-0.2, -0.15) is 0 Å². The molecule has 0 bridgehead atoms. The second-order valence-corrected chi connectivity index (χ2v) is 7.38. The Morgan fingerprint density at radius 2 is 1.96 bits per heavy atom. The third-order valence-electron chi connectivity index (χ3n) is 4.89. The van der Waals surface area contributed by atoms with Crippen LogP contribution < -0.4 is 4.90 Å². The monoisotopic (exact) mass is 367 g/mol. The fourth-order valence-electron chi connectivity index (χ4n) is 3.02. The van der Waals surface area contributed by atoms with Gasteiger partial charge in [-0.1, -0.05) is 31.6 Å². The molecule has 3 rings (SSSR count). The van der Waals surface area contributed by atoms with Crippen molar-refractivity contribution in [2.24, 2.45) is 5.92 Å². The summed E-state index contributed by atoms with van der Waals surface area (Å²) in [4.78, 5) is 21.1. The minimum atomic E-state index is -0.683. The maximum atomic E-state index is 14.0. The number of aromatic nitrogens is 1. The van der Waals surface area contributed by atoms with E-state index in [2.05, 4.69) is 23.7 Å². The number of anilines is 1. The van der Waals surface area contributed by atoms with Gasteiger partial charge < -0.3 is 4.90 Å². The van der Waals surface area contributed by atoms with Crippen LogP contribution in [0.4, 0.5) is 13.9 Å². The van der Waals surface area contributed by atoms with Crippen molar-refractivity contribution in [1.82, 2.24) is 9.88 Å². The summed E-state index contributed by atoms with van der Waals surface area (Å²) in [5, 5.41) is 0.462. The van der Waals surface area contributed by atoms with E-state index in [1.807, 2.05) is 0 Å². The number of halogens is 2. The second kappa shape index (κ2) is 7.74. The fourth-order valence-corrected chi connectivity index (χ4v) is 4.05. The van der Waals surface area contributed by atoms with Crippen molar-refractivity contribution in [2.45, 2.75) is 33.1 Å². The van der Waals surface area contributed by atoms with Gasteiger partial charge in [-0.25, -0.2) is 13.8 Å². The number of carbonyl (C=O) groups is 1. The highest BCUT2D eigenvalue weighted by atomic mass is 32.1. The number of benzene rings is 1. The van der Waals surface area contributed by atoms with E-state index in [1.54, 1.807) is 4.90 Å². The molecule has 2 aromatic rings. The molecular formula is C18H23F2N3OS. The van der Waals surface area contributed by atoms with Gasteiger partial charge in [0.05, 0.1) is 4.70 Å². The SMILES string of the molecule is CCN(CC)CCN(C(=O)C1CCC1)c1nc2c(F)cc(F)cc2s1. The first-order chi connectivity index (χ1) is 12.0. The first kappa shape index (κ1) is 18.2. The topological polar surface area (TPSA) is 36.4 Å². The van der Waals surface area contributed by atoms with Crippen molar-refractivity contribution in [3.05, 3.63) is 23.8 Å². The smallest absolute Gasteiger partial charge is 0.231 e. The average Bonchev–Trinajstić information content (AvgIpc) is 2.93. The van der Waals surface area contributed by atoms with E-state index >= 15 is 0 Å². The van der Waals surface area contributed by atoms with Crippen LogP contribution in [0, 0.1) is 17.6 Å². The molecule has 0 saturated heterocycles. The number of thiazole rings is 1. The first-order valence-corrected chi connectivity index (χ1v) is 9.64. The molecule has 1 aliphatic carbocycles. The van der Waals surface area contributed by atoms with Crippen molar-refractivity contribution in [1.29, 1.82) is 0 Å². The Kier molecular flexibility index (Phi) is 5.64. The van der Waals surface area contributed by atoms with E-state index in [0.717, 1.165) is 45.0 Å². The molecule has 4 nitrogen and oxygen atoms in total. The Balaban J connectivity index is 1.90. The van der Waals surface area contributed by atoms with Crippen LogP contribution in [-0.2, 0) is 4.79 Å². The van der Waals surface area contributed by atoms with Crippen LogP contribution in [0.2, 0.25) is 0 Å². The number of amides is 1. The van der Waals surface area contributed by atoms with Crippen LogP contribution in [0.15, 0.2) is 12.1 Å². The molecule has 1 amide bonds. The molecule has 1 fully saturated rings. The Labute approximate surface area is 150 Å². The molecule has 1 aromatic heterocycles. The van der Waals surface area contributed by atoms with Crippen molar-refractivity contribution in [2.75, 3.05) is 31.1 Å². The lowest BCUT2D eigenvalue weighted by Crippen LogP contribution is -2.43. The minimum Gasteiger partial charge on any atom is -0.302 e. The van der Waals surface area contributed by atoms with Gasteiger partial charge in [0.2, 0.25) is 5.91 Å². The highest BCUT2D eigenvalue weighted by molar-refractivity contribution is 7.22. The molecule has 1 aliphatic rings. The number of nitrogens with zero attached hydrogens (tertiary/aromatic N) is 3. The summed E-state index contributed by atoms with van der Waals surface area (Å²) < 4.78 is 27.9. The van der Waals surface area contributed by atoms with E-state index < -0.39 is 11.6 Å². The molecule has 0 unspecified atom stereocenters. The summed E-state index contributed by atoms with van der Waals surface area (Å²) in [5.74, 6) is -1.22. The molecule has 0 atom stereocenters. The van der Waals surface area contributed by atoms with E-state index in [0.29, 0.717) is 16.4 Å². The van der Waals surface area contributed by atoms with Gasteiger partial charge >= 0.3 is 0 Å². The first-order valence-electron chi connectivity index (χ1n) is 8.82. The zero-order valence-corrected chi connectivity index (χ0v) is 15.4. The largest absolute Gasteiger partial charge is 0.302 e. The maximum absolute atomic E-state index is 14.0. The molecule has 0 N–H and O–H groups in total. The third kappa shape index (κ3) is 3.82. The maximum Gasteiger partial charge on any atom is 0.231 e. The normalized spacial score (nSPS) is 14.9. The third-order valence-corrected chi connectivity index (χ3v) is 5.91. The van der Waals surface area contributed by atoms with Gasteiger partial charge in [-0.15, -0.1) is 0 Å². The lowest BCUT2D eigenvalue weighted by molar-refractivity contribution is -0.124. The van der Waals surface area contributed by atoms with Crippen LogP contribution in [0.1, 0.15) is 33.1 Å². The lowest BCUT2D eigenvalue weighted by Gasteiger charge is -2.31. The van der Waals surface area contributed by atoms with Gasteiger partial charge in [0, 0.05) is 25.1 Å². The van der Waals surface area contributed by atoms with E-state index in [-0.39, 0.29) is 17.3 Å². The molecule has 0 aliphatic heterocycles. The molecule has 7 heteroatoms. The number of hydrogen-bond donors (Lipinski definition) is 0. The fraction of sp³-hybridized carbons (Fsp3) is 0.556. The summed E-state index contributed by atoms with van der Waals surface area (Å²) in [6, 6.07) is 2.11. The number of carbonyl (C=O) groups excluding carboxylic acids is 1. The summed E-state index contributed by atoms with van der Waals surface area (Å²) in [6.07, 6.45) is 2.86. The van der Waals surface area contributed by atoms with Gasteiger partial charge in [-0.05, 0) is 32.0 Å². The molecule has 0 spiro atoms. The molecule has 1 heterocycles. The van der Waals surface area contributed by atoms with Crippen LogP contribution >= 0.6 is 11.3 Å². The van der Waals surface area contributed by atoms with E-state index in [9.17, 15) is 13.6 Å². The van der Waals surface area contributed by atoms with Gasteiger partial charge in [0.25, 0.3) is 0 Å². The summed E-state index contributed by atoms with van der Waals surface area (Å²) in [6.45, 7) is 7.22. The highest BCUT2D eigenvalue weighted by Gasteiger charge is 2.32. The predicted octanol–water partition coefficient (Wildman–Crippen LogP) is 4.05. The molecule has 1 aromatic carbocycles. The van der Waals surface area contributed by atoms with Crippen molar-refractivity contribution in [3.63, 3.8) is 0 Å². The standard InChI is InChI=1S/C18H23F2N3OS/c1-3-22(4-2)8-9-23(17(24)12-6-5-7-12)18-21-16-14(20)10-13(19)11-15(16)25-18/h10-12H,3-9H2,1-2H3. The van der Waals surface area contributed by atoms with Gasteiger partial charge in [0.1, 0.15) is 11.3 Å². The van der Waals surface area contributed by atoms with Crippen LogP contribution in [0.25, 0.3) is 10.2 Å². The van der Waals surface area contributed by atoms with Crippen molar-refractivity contribution >= 4 is 32.6 Å². The number of fused-ring (bicyclic) bond motifs is 1. The molecule has 1 saturated carbocycles. The Morgan fingerprint density at radius 3 is 2.56 bits per heavy atom. The van der Waals surface area contributed by atoms with Crippen LogP contribution in [0.5, 0.6) is 0 Å². The van der Waals surface area contributed by atoms with Crippen LogP contribution in [0.3, 0.4) is 0 Å². The predicted molar refractivity (Wildman–Crippen MR) is 97.0 cm³/mol. The van der Waals surface area contributed by atoms with Crippen molar-refractivity contribution in [3.8, 4) is 0 Å². The quantitative estimate of drug-likeness (QED) is 0.741. The lowest BCUT2D eigenvalue weighted by atomic mass is 9.84. The minimum absolute atomic E-state index is 0.0327. The average molecular weight is 367 g/mol. The second-order valence-electron chi connectivity index (χ2n) is 6.38. The Morgan fingerprint density at radius 1 is 1.24 bits per heavy atom. The van der Waals surface area contributed by atoms with E-state index in [4.69, 9.17) is 0 Å². The number of rotatable bonds is 7. The highest BCUT2D eigenvalue weighted by Crippen LogP contribution is 2.34. The molecule has 0 radical (unpaired) electrons. The Bertz CT molecular complexity index is 756. The molecule has 25 heavy (non-hydrogen) atoms. The summed E-state index contributed by atoms with van der Waals surface area (Å²) >= 11 is 1.18. The number of likely N-dealkylation sites (N-methyl/N-ethyl adjacent to an activating group) is 1. The van der Waals surface area contributed by atoms with Crippen molar-refractivity contribution < 1.29 is 13.6 Å². The Hall–Kier alpha value is -1.60. The van der Waals surface area contributed by atoms with Gasteiger partial charge in [0.15, 0.2) is 10.9 Å². The number of hydrogen-bond acceptors (Lipinski definition) is 4. The summed E-state index contributed by atoms with van der Waals surface area (Å²) in [7, 11) is 0. The summed E-state index contributed by atoms with van der Waals surface area (Å²) in [5.41, 5.74) is 0.135.